The Morgan fingerprint density at radius 2 is 1.92 bits per heavy atom. The van der Waals surface area contributed by atoms with E-state index in [0.717, 1.165) is 12.4 Å². The number of piperazine rings is 1. The number of hydrogen-bond acceptors (Lipinski definition) is 5. The van der Waals surface area contributed by atoms with Gasteiger partial charge in [-0.25, -0.2) is 14.8 Å². The van der Waals surface area contributed by atoms with E-state index in [4.69, 9.17) is 4.74 Å². The molecule has 3 heterocycles. The summed E-state index contributed by atoms with van der Waals surface area (Å²) in [7, 11) is 0. The molecule has 0 aromatic carbocycles. The van der Waals surface area contributed by atoms with Crippen LogP contribution in [0.1, 0.15) is 32.9 Å². The molecule has 2 atom stereocenters. The van der Waals surface area contributed by atoms with Gasteiger partial charge in [-0.3, -0.25) is 0 Å². The maximum absolute atomic E-state index is 12.8. The van der Waals surface area contributed by atoms with E-state index in [9.17, 15) is 18.0 Å². The Labute approximate surface area is 137 Å². The van der Waals surface area contributed by atoms with Gasteiger partial charge in [-0.05, 0) is 27.2 Å². The average Bonchev–Trinajstić information content (AvgIpc) is 3.04. The lowest BCUT2D eigenvalue weighted by atomic mass is 10.2. The highest BCUT2D eigenvalue weighted by Crippen LogP contribution is 2.36. The maximum atomic E-state index is 12.8. The number of alkyl halides is 3. The van der Waals surface area contributed by atoms with Crippen LogP contribution in [0.15, 0.2) is 12.4 Å². The van der Waals surface area contributed by atoms with Crippen molar-refractivity contribution in [1.29, 1.82) is 0 Å². The number of rotatable bonds is 1. The van der Waals surface area contributed by atoms with Gasteiger partial charge in [-0.15, -0.1) is 0 Å². The van der Waals surface area contributed by atoms with Crippen molar-refractivity contribution in [2.75, 3.05) is 18.0 Å². The summed E-state index contributed by atoms with van der Waals surface area (Å²) in [6, 6.07) is 0.825. The Hall–Kier alpha value is -2.06. The molecule has 0 N–H and O–H groups in total. The number of likely N-dealkylation sites (tertiary alicyclic amines) is 1. The van der Waals surface area contributed by atoms with Crippen LogP contribution in [0.4, 0.5) is 23.8 Å². The van der Waals surface area contributed by atoms with E-state index in [-0.39, 0.29) is 24.0 Å². The first kappa shape index (κ1) is 16.8. The van der Waals surface area contributed by atoms with Crippen LogP contribution in [0.5, 0.6) is 0 Å². The van der Waals surface area contributed by atoms with Crippen molar-refractivity contribution in [3.05, 3.63) is 18.1 Å². The van der Waals surface area contributed by atoms with Crippen molar-refractivity contribution in [2.24, 2.45) is 0 Å². The summed E-state index contributed by atoms with van der Waals surface area (Å²) >= 11 is 0. The number of amides is 1. The smallest absolute Gasteiger partial charge is 0.433 e. The highest BCUT2D eigenvalue weighted by atomic mass is 19.4. The first-order chi connectivity index (χ1) is 11.0. The van der Waals surface area contributed by atoms with E-state index in [1.54, 1.807) is 25.7 Å². The molecular weight excluding hydrogens is 325 g/mol. The van der Waals surface area contributed by atoms with E-state index >= 15 is 0 Å². The molecule has 2 bridgehead atoms. The van der Waals surface area contributed by atoms with Gasteiger partial charge in [0.1, 0.15) is 23.4 Å². The molecule has 0 saturated carbocycles. The molecular formula is C15H19F3N4O2. The number of nitrogens with zero attached hydrogens (tertiary/aromatic N) is 4. The zero-order valence-corrected chi connectivity index (χ0v) is 13.7. The summed E-state index contributed by atoms with van der Waals surface area (Å²) in [6.07, 6.45) is -3.26. The van der Waals surface area contributed by atoms with Crippen molar-refractivity contribution in [1.82, 2.24) is 14.9 Å². The molecule has 6 nitrogen and oxygen atoms in total. The molecule has 9 heteroatoms. The second kappa shape index (κ2) is 5.49. The molecule has 132 valence electrons. The number of hydrogen-bond donors (Lipinski definition) is 0. The fraction of sp³-hybridized carbons (Fsp3) is 0.667. The van der Waals surface area contributed by atoms with Gasteiger partial charge in [0.25, 0.3) is 0 Å². The number of carbonyl (C=O) groups is 1. The predicted octanol–water partition coefficient (Wildman–Crippen LogP) is 2.69. The second-order valence-electron chi connectivity index (χ2n) is 7.09. The standard InChI is InChI=1S/C15H19F3N4O2/c1-14(2,3)24-13(23)22-7-9-4-10(22)6-21(9)12-5-11(15(16,17)18)19-8-20-12/h5,8-10H,4,6-7H2,1-3H3/t9-,10?/m0/s1. The molecule has 0 aliphatic carbocycles. The topological polar surface area (TPSA) is 58.6 Å². The summed E-state index contributed by atoms with van der Waals surface area (Å²) in [6.45, 7) is 6.25. The quantitative estimate of drug-likeness (QED) is 0.784. The zero-order chi connectivity index (χ0) is 17.7. The Morgan fingerprint density at radius 3 is 2.46 bits per heavy atom. The highest BCUT2D eigenvalue weighted by Gasteiger charge is 2.47. The molecule has 1 amide bonds. The third-order valence-electron chi connectivity index (χ3n) is 4.11. The van der Waals surface area contributed by atoms with Crippen LogP contribution in [0.25, 0.3) is 0 Å². The van der Waals surface area contributed by atoms with Crippen LogP contribution in [0, 0.1) is 0 Å². The van der Waals surface area contributed by atoms with Crippen molar-refractivity contribution in [3.8, 4) is 0 Å². The third kappa shape index (κ3) is 3.25. The first-order valence-corrected chi connectivity index (χ1v) is 7.70. The van der Waals surface area contributed by atoms with Crippen LogP contribution < -0.4 is 4.90 Å². The summed E-state index contributed by atoms with van der Waals surface area (Å²) < 4.78 is 43.7. The van der Waals surface area contributed by atoms with Gasteiger partial charge < -0.3 is 14.5 Å². The Kier molecular flexibility index (Phi) is 3.84. The minimum Gasteiger partial charge on any atom is -0.444 e. The molecule has 0 radical (unpaired) electrons. The third-order valence-corrected chi connectivity index (χ3v) is 4.11. The Morgan fingerprint density at radius 1 is 1.21 bits per heavy atom. The molecule has 1 aromatic rings. The van der Waals surface area contributed by atoms with Gasteiger partial charge >= 0.3 is 12.3 Å². The van der Waals surface area contributed by atoms with E-state index in [0.29, 0.717) is 19.5 Å². The molecule has 2 aliphatic rings. The zero-order valence-electron chi connectivity index (χ0n) is 13.7. The summed E-state index contributed by atoms with van der Waals surface area (Å²) in [5.74, 6) is 0.244. The number of ether oxygens (including phenoxy) is 1. The first-order valence-electron chi connectivity index (χ1n) is 7.70. The van der Waals surface area contributed by atoms with Crippen LogP contribution in [-0.4, -0.2) is 51.7 Å². The Balaban J connectivity index is 1.71. The maximum Gasteiger partial charge on any atom is 0.433 e. The lowest BCUT2D eigenvalue weighted by Crippen LogP contribution is -2.50. The van der Waals surface area contributed by atoms with Crippen LogP contribution >= 0.6 is 0 Å². The van der Waals surface area contributed by atoms with Gasteiger partial charge in [-0.2, -0.15) is 13.2 Å². The van der Waals surface area contributed by atoms with Gasteiger partial charge in [-0.1, -0.05) is 0 Å². The average molecular weight is 344 g/mol. The highest BCUT2D eigenvalue weighted by molar-refractivity contribution is 5.70. The number of halogens is 3. The summed E-state index contributed by atoms with van der Waals surface area (Å²) in [5, 5.41) is 0. The molecule has 2 fully saturated rings. The number of anilines is 1. The number of carbonyl (C=O) groups excluding carboxylic acids is 1. The normalized spacial score (nSPS) is 23.8. The molecule has 1 unspecified atom stereocenters. The van der Waals surface area contributed by atoms with Crippen molar-refractivity contribution >= 4 is 11.9 Å². The monoisotopic (exact) mass is 344 g/mol. The molecule has 3 rings (SSSR count). The fourth-order valence-electron chi connectivity index (χ4n) is 3.15. The van der Waals surface area contributed by atoms with Gasteiger partial charge in [0, 0.05) is 19.2 Å². The van der Waals surface area contributed by atoms with Crippen molar-refractivity contribution in [3.63, 3.8) is 0 Å². The van der Waals surface area contributed by atoms with E-state index < -0.39 is 17.5 Å². The lowest BCUT2D eigenvalue weighted by Gasteiger charge is -2.35. The molecule has 2 aliphatic heterocycles. The molecule has 1 aromatic heterocycles. The van der Waals surface area contributed by atoms with Crippen LogP contribution in [-0.2, 0) is 10.9 Å². The summed E-state index contributed by atoms with van der Waals surface area (Å²) in [5.41, 5.74) is -1.54. The van der Waals surface area contributed by atoms with Gasteiger partial charge in [0.2, 0.25) is 0 Å². The van der Waals surface area contributed by atoms with E-state index in [2.05, 4.69) is 9.97 Å². The molecule has 0 spiro atoms. The Bertz CT molecular complexity index is 644. The minimum atomic E-state index is -4.50. The van der Waals surface area contributed by atoms with Crippen LogP contribution in [0.2, 0.25) is 0 Å². The minimum absolute atomic E-state index is 0.0569. The predicted molar refractivity (Wildman–Crippen MR) is 79.5 cm³/mol. The second-order valence-corrected chi connectivity index (χ2v) is 7.09. The van der Waals surface area contributed by atoms with Crippen molar-refractivity contribution in [2.45, 2.75) is 51.1 Å². The lowest BCUT2D eigenvalue weighted by molar-refractivity contribution is -0.141. The number of aromatic nitrogens is 2. The number of fused-ring (bicyclic) bond motifs is 2. The van der Waals surface area contributed by atoms with Crippen molar-refractivity contribution < 1.29 is 22.7 Å². The van der Waals surface area contributed by atoms with E-state index in [1.165, 1.54) is 0 Å². The largest absolute Gasteiger partial charge is 0.444 e. The molecule has 24 heavy (non-hydrogen) atoms. The van der Waals surface area contributed by atoms with Gasteiger partial charge in [0.05, 0.1) is 12.1 Å². The van der Waals surface area contributed by atoms with E-state index in [1.807, 2.05) is 4.90 Å². The molecule has 2 saturated heterocycles. The van der Waals surface area contributed by atoms with Crippen LogP contribution in [0.3, 0.4) is 0 Å². The van der Waals surface area contributed by atoms with Gasteiger partial charge in [0.15, 0.2) is 0 Å². The SMILES string of the molecule is CC(C)(C)OC(=O)N1C[C@@H]2CC1CN2c1cc(C(F)(F)F)ncn1. The fourth-order valence-corrected chi connectivity index (χ4v) is 3.15. The summed E-state index contributed by atoms with van der Waals surface area (Å²) in [4.78, 5) is 22.9.